The van der Waals surface area contributed by atoms with Gasteiger partial charge in [-0.3, -0.25) is 9.59 Å². The summed E-state index contributed by atoms with van der Waals surface area (Å²) in [5.41, 5.74) is 5.91. The summed E-state index contributed by atoms with van der Waals surface area (Å²) >= 11 is 0. The molecule has 0 aromatic heterocycles. The highest BCUT2D eigenvalue weighted by Gasteiger charge is 2.34. The Kier molecular flexibility index (Phi) is 4.93. The number of carboxylic acid groups (broad SMARTS) is 1. The molecule has 1 fully saturated rings. The first kappa shape index (κ1) is 14.0. The van der Waals surface area contributed by atoms with E-state index < -0.39 is 12.0 Å². The standard InChI is InChI=1S/C12H22N2O3/c1-3-8(2)11(13)12(17)14-6-4-5-9(14)7-10(15)16/h8-9,11H,3-7,13H2,1-2H3,(H,15,16). The second-order valence-corrected chi connectivity index (χ2v) is 4.84. The number of carboxylic acids is 1. The molecular weight excluding hydrogens is 220 g/mol. The summed E-state index contributed by atoms with van der Waals surface area (Å²) in [5, 5.41) is 8.80. The van der Waals surface area contributed by atoms with Crippen molar-refractivity contribution in [2.24, 2.45) is 11.7 Å². The number of hydrogen-bond donors (Lipinski definition) is 2. The molecular formula is C12H22N2O3. The van der Waals surface area contributed by atoms with Crippen molar-refractivity contribution in [1.82, 2.24) is 4.90 Å². The van der Waals surface area contributed by atoms with Gasteiger partial charge in [-0.1, -0.05) is 20.3 Å². The van der Waals surface area contributed by atoms with Crippen LogP contribution in [0.2, 0.25) is 0 Å². The maximum Gasteiger partial charge on any atom is 0.305 e. The Morgan fingerprint density at radius 2 is 2.18 bits per heavy atom. The minimum atomic E-state index is -0.855. The van der Waals surface area contributed by atoms with E-state index >= 15 is 0 Å². The first-order valence-electron chi connectivity index (χ1n) is 6.25. The Hall–Kier alpha value is -1.10. The van der Waals surface area contributed by atoms with Crippen LogP contribution in [0.15, 0.2) is 0 Å². The average molecular weight is 242 g/mol. The fourth-order valence-electron chi connectivity index (χ4n) is 2.23. The molecule has 3 unspecified atom stereocenters. The van der Waals surface area contributed by atoms with Gasteiger partial charge in [0, 0.05) is 12.6 Å². The number of hydrogen-bond acceptors (Lipinski definition) is 3. The Labute approximate surface area is 102 Å². The molecule has 98 valence electrons. The lowest BCUT2D eigenvalue weighted by molar-refractivity contribution is -0.140. The zero-order valence-corrected chi connectivity index (χ0v) is 10.6. The van der Waals surface area contributed by atoms with E-state index in [1.165, 1.54) is 0 Å². The van der Waals surface area contributed by atoms with Crippen molar-refractivity contribution in [1.29, 1.82) is 0 Å². The van der Waals surface area contributed by atoms with E-state index in [2.05, 4.69) is 0 Å². The zero-order chi connectivity index (χ0) is 13.0. The minimum Gasteiger partial charge on any atom is -0.481 e. The summed E-state index contributed by atoms with van der Waals surface area (Å²) in [6.07, 6.45) is 2.52. The molecule has 3 atom stereocenters. The van der Waals surface area contributed by atoms with Gasteiger partial charge in [-0.15, -0.1) is 0 Å². The molecule has 1 heterocycles. The lowest BCUT2D eigenvalue weighted by atomic mass is 9.98. The smallest absolute Gasteiger partial charge is 0.305 e. The van der Waals surface area contributed by atoms with E-state index in [9.17, 15) is 9.59 Å². The van der Waals surface area contributed by atoms with Gasteiger partial charge in [-0.05, 0) is 18.8 Å². The molecule has 0 radical (unpaired) electrons. The Morgan fingerprint density at radius 3 is 2.71 bits per heavy atom. The Bertz CT molecular complexity index is 293. The van der Waals surface area contributed by atoms with E-state index in [0.29, 0.717) is 6.54 Å². The van der Waals surface area contributed by atoms with Gasteiger partial charge >= 0.3 is 5.97 Å². The van der Waals surface area contributed by atoms with Gasteiger partial charge < -0.3 is 15.7 Å². The molecule has 0 spiro atoms. The van der Waals surface area contributed by atoms with E-state index in [-0.39, 0.29) is 24.3 Å². The highest BCUT2D eigenvalue weighted by molar-refractivity contribution is 5.83. The van der Waals surface area contributed by atoms with Gasteiger partial charge in [0.1, 0.15) is 0 Å². The fraction of sp³-hybridized carbons (Fsp3) is 0.833. The second-order valence-electron chi connectivity index (χ2n) is 4.84. The monoisotopic (exact) mass is 242 g/mol. The van der Waals surface area contributed by atoms with Gasteiger partial charge in [-0.25, -0.2) is 0 Å². The number of aliphatic carboxylic acids is 1. The third-order valence-corrected chi connectivity index (χ3v) is 3.61. The third-order valence-electron chi connectivity index (χ3n) is 3.61. The van der Waals surface area contributed by atoms with Gasteiger partial charge in [0.15, 0.2) is 0 Å². The van der Waals surface area contributed by atoms with Crippen LogP contribution in [0.5, 0.6) is 0 Å². The second kappa shape index (κ2) is 6.00. The fourth-order valence-corrected chi connectivity index (χ4v) is 2.23. The van der Waals surface area contributed by atoms with Crippen molar-refractivity contribution in [3.8, 4) is 0 Å². The maximum absolute atomic E-state index is 12.1. The lowest BCUT2D eigenvalue weighted by Crippen LogP contribution is -2.49. The molecule has 1 saturated heterocycles. The van der Waals surface area contributed by atoms with E-state index in [1.807, 2.05) is 13.8 Å². The molecule has 0 aromatic rings. The molecule has 0 aliphatic carbocycles. The number of nitrogens with two attached hydrogens (primary N) is 1. The number of nitrogens with zero attached hydrogens (tertiary/aromatic N) is 1. The van der Waals surface area contributed by atoms with Gasteiger partial charge in [0.05, 0.1) is 12.5 Å². The summed E-state index contributed by atoms with van der Waals surface area (Å²) in [6.45, 7) is 4.59. The zero-order valence-electron chi connectivity index (χ0n) is 10.6. The predicted octanol–water partition coefficient (Wildman–Crippen LogP) is 0.825. The lowest BCUT2D eigenvalue weighted by Gasteiger charge is -2.28. The molecule has 1 aliphatic rings. The quantitative estimate of drug-likeness (QED) is 0.747. The summed E-state index contributed by atoms with van der Waals surface area (Å²) < 4.78 is 0. The van der Waals surface area contributed by atoms with Crippen molar-refractivity contribution >= 4 is 11.9 Å². The minimum absolute atomic E-state index is 0.0268. The summed E-state index contributed by atoms with van der Waals surface area (Å²) in [7, 11) is 0. The summed E-state index contributed by atoms with van der Waals surface area (Å²) in [6, 6.07) is -0.676. The normalized spacial score (nSPS) is 23.5. The van der Waals surface area contributed by atoms with Crippen molar-refractivity contribution in [3.63, 3.8) is 0 Å². The molecule has 3 N–H and O–H groups in total. The molecule has 1 amide bonds. The van der Waals surface area contributed by atoms with E-state index in [4.69, 9.17) is 10.8 Å². The maximum atomic E-state index is 12.1. The number of carbonyl (C=O) groups excluding carboxylic acids is 1. The van der Waals surface area contributed by atoms with Gasteiger partial charge in [-0.2, -0.15) is 0 Å². The van der Waals surface area contributed by atoms with E-state index in [0.717, 1.165) is 19.3 Å². The van der Waals surface area contributed by atoms with Crippen LogP contribution in [0, 0.1) is 5.92 Å². The largest absolute Gasteiger partial charge is 0.481 e. The van der Waals surface area contributed by atoms with E-state index in [1.54, 1.807) is 4.90 Å². The predicted molar refractivity (Wildman–Crippen MR) is 64.4 cm³/mol. The first-order valence-corrected chi connectivity index (χ1v) is 6.25. The Balaban J connectivity index is 2.64. The van der Waals surface area contributed by atoms with Crippen LogP contribution in [-0.4, -0.2) is 40.5 Å². The van der Waals surface area contributed by atoms with Crippen molar-refractivity contribution in [2.45, 2.75) is 51.6 Å². The number of likely N-dealkylation sites (tertiary alicyclic amines) is 1. The van der Waals surface area contributed by atoms with Gasteiger partial charge in [0.2, 0.25) is 5.91 Å². The molecule has 5 nitrogen and oxygen atoms in total. The van der Waals surface area contributed by atoms with Crippen LogP contribution in [0.1, 0.15) is 39.5 Å². The molecule has 0 aromatic carbocycles. The van der Waals surface area contributed by atoms with Crippen LogP contribution in [-0.2, 0) is 9.59 Å². The average Bonchev–Trinajstić information content (AvgIpc) is 2.73. The molecule has 0 saturated carbocycles. The highest BCUT2D eigenvalue weighted by Crippen LogP contribution is 2.22. The topological polar surface area (TPSA) is 83.6 Å². The molecule has 5 heteroatoms. The molecule has 0 bridgehead atoms. The summed E-state index contributed by atoms with van der Waals surface area (Å²) in [4.78, 5) is 24.5. The first-order chi connectivity index (χ1) is 7.97. The Morgan fingerprint density at radius 1 is 1.53 bits per heavy atom. The highest BCUT2D eigenvalue weighted by atomic mass is 16.4. The van der Waals surface area contributed by atoms with Crippen LogP contribution in [0.3, 0.4) is 0 Å². The van der Waals surface area contributed by atoms with Crippen molar-refractivity contribution in [2.75, 3.05) is 6.54 Å². The van der Waals surface area contributed by atoms with Crippen LogP contribution in [0.4, 0.5) is 0 Å². The van der Waals surface area contributed by atoms with Crippen LogP contribution in [0.25, 0.3) is 0 Å². The molecule has 1 rings (SSSR count). The molecule has 17 heavy (non-hydrogen) atoms. The van der Waals surface area contributed by atoms with Crippen LogP contribution < -0.4 is 5.73 Å². The number of rotatable bonds is 5. The number of carbonyl (C=O) groups is 2. The SMILES string of the molecule is CCC(C)C(N)C(=O)N1CCCC1CC(=O)O. The van der Waals surface area contributed by atoms with Crippen LogP contribution >= 0.6 is 0 Å². The third kappa shape index (κ3) is 3.43. The van der Waals surface area contributed by atoms with Crippen molar-refractivity contribution < 1.29 is 14.7 Å². The molecule has 1 aliphatic heterocycles. The van der Waals surface area contributed by atoms with Gasteiger partial charge in [0.25, 0.3) is 0 Å². The summed E-state index contributed by atoms with van der Waals surface area (Å²) in [5.74, 6) is -0.816. The number of amides is 1. The van der Waals surface area contributed by atoms with Crippen molar-refractivity contribution in [3.05, 3.63) is 0 Å².